The number of imide groups is 1. The number of amides is 2. The number of morpholine rings is 1. The number of ether oxygens (including phenoxy) is 1. The zero-order chi connectivity index (χ0) is 12.4. The average molecular weight is 234 g/mol. The summed E-state index contributed by atoms with van der Waals surface area (Å²) in [6, 6.07) is 6.86. The third kappa shape index (κ3) is 2.29. The van der Waals surface area contributed by atoms with Crippen molar-refractivity contribution in [2.24, 2.45) is 0 Å². The molecule has 1 aromatic rings. The van der Waals surface area contributed by atoms with Crippen LogP contribution in [0.1, 0.15) is 18.5 Å². The van der Waals surface area contributed by atoms with Crippen molar-refractivity contribution in [2.75, 3.05) is 18.9 Å². The normalized spacial score (nSPS) is 18.3. The molecule has 2 N–H and O–H groups in total. The van der Waals surface area contributed by atoms with Crippen LogP contribution in [0.5, 0.6) is 0 Å². The van der Waals surface area contributed by atoms with Gasteiger partial charge in [-0.05, 0) is 24.6 Å². The number of carbonyl (C=O) groups is 2. The van der Waals surface area contributed by atoms with Gasteiger partial charge in [-0.1, -0.05) is 12.1 Å². The summed E-state index contributed by atoms with van der Waals surface area (Å²) in [5.74, 6) is -0.618. The Morgan fingerprint density at radius 2 is 1.94 bits per heavy atom. The van der Waals surface area contributed by atoms with Gasteiger partial charge in [-0.25, -0.2) is 0 Å². The van der Waals surface area contributed by atoms with Crippen molar-refractivity contribution in [2.45, 2.75) is 13.0 Å². The number of anilines is 1. The minimum absolute atomic E-state index is 0.0433. The maximum Gasteiger partial charge on any atom is 0.255 e. The maximum absolute atomic E-state index is 11.7. The van der Waals surface area contributed by atoms with Crippen LogP contribution in [0.25, 0.3) is 0 Å². The minimum atomic E-state index is -0.317. The Morgan fingerprint density at radius 3 is 2.53 bits per heavy atom. The lowest BCUT2D eigenvalue weighted by molar-refractivity contribution is -0.161. The van der Waals surface area contributed by atoms with Gasteiger partial charge in [-0.3, -0.25) is 14.5 Å². The summed E-state index contributed by atoms with van der Waals surface area (Å²) in [5, 5.41) is 0. The molecule has 1 atom stereocenters. The summed E-state index contributed by atoms with van der Waals surface area (Å²) in [4.78, 5) is 24.5. The van der Waals surface area contributed by atoms with Crippen LogP contribution in [-0.2, 0) is 14.3 Å². The van der Waals surface area contributed by atoms with Gasteiger partial charge < -0.3 is 10.5 Å². The largest absolute Gasteiger partial charge is 0.399 e. The number of hydrogen-bond donors (Lipinski definition) is 1. The molecule has 2 rings (SSSR count). The third-order valence-electron chi connectivity index (χ3n) is 2.77. The van der Waals surface area contributed by atoms with Gasteiger partial charge in [0.25, 0.3) is 11.8 Å². The molecule has 0 saturated carbocycles. The second kappa shape index (κ2) is 4.55. The summed E-state index contributed by atoms with van der Waals surface area (Å²) in [6.07, 6.45) is 0. The molecular weight excluding hydrogens is 220 g/mol. The van der Waals surface area contributed by atoms with Gasteiger partial charge in [-0.2, -0.15) is 0 Å². The van der Waals surface area contributed by atoms with Crippen LogP contribution in [0.2, 0.25) is 0 Å². The Hall–Kier alpha value is -1.88. The summed E-state index contributed by atoms with van der Waals surface area (Å²) in [5.41, 5.74) is 7.14. The molecule has 1 aromatic carbocycles. The third-order valence-corrected chi connectivity index (χ3v) is 2.77. The molecule has 1 saturated heterocycles. The van der Waals surface area contributed by atoms with Crippen LogP contribution in [-0.4, -0.2) is 29.9 Å². The SMILES string of the molecule is CC(c1cccc(N)c1)N1C(=O)COCC1=O. The van der Waals surface area contributed by atoms with Crippen molar-refractivity contribution < 1.29 is 14.3 Å². The summed E-state index contributed by atoms with van der Waals surface area (Å²) in [6.45, 7) is 1.71. The van der Waals surface area contributed by atoms with Crippen LogP contribution < -0.4 is 5.73 Å². The molecule has 1 aliphatic rings. The Labute approximate surface area is 99.2 Å². The van der Waals surface area contributed by atoms with Crippen molar-refractivity contribution >= 4 is 17.5 Å². The molecule has 1 fully saturated rings. The first kappa shape index (κ1) is 11.6. The molecule has 0 bridgehead atoms. The Morgan fingerprint density at radius 1 is 1.29 bits per heavy atom. The fourth-order valence-corrected chi connectivity index (χ4v) is 1.90. The van der Waals surface area contributed by atoms with Crippen LogP contribution in [0.3, 0.4) is 0 Å². The number of nitrogens with zero attached hydrogens (tertiary/aromatic N) is 1. The van der Waals surface area contributed by atoms with Crippen LogP contribution in [0.15, 0.2) is 24.3 Å². The first-order valence-electron chi connectivity index (χ1n) is 5.37. The van der Waals surface area contributed by atoms with Crippen LogP contribution in [0.4, 0.5) is 5.69 Å². The highest BCUT2D eigenvalue weighted by Gasteiger charge is 2.31. The number of nitrogen functional groups attached to an aromatic ring is 1. The fourth-order valence-electron chi connectivity index (χ4n) is 1.90. The molecule has 5 nitrogen and oxygen atoms in total. The Kier molecular flexibility index (Phi) is 3.10. The topological polar surface area (TPSA) is 72.6 Å². The van der Waals surface area contributed by atoms with E-state index < -0.39 is 0 Å². The van der Waals surface area contributed by atoms with E-state index >= 15 is 0 Å². The van der Waals surface area contributed by atoms with Gasteiger partial charge >= 0.3 is 0 Å². The number of rotatable bonds is 2. The van der Waals surface area contributed by atoms with Crippen LogP contribution in [0, 0.1) is 0 Å². The van der Waals surface area contributed by atoms with Gasteiger partial charge in [-0.15, -0.1) is 0 Å². The standard InChI is InChI=1S/C12H14N2O3/c1-8(9-3-2-4-10(13)5-9)14-11(15)6-17-7-12(14)16/h2-5,8H,6-7,13H2,1H3. The molecule has 1 heterocycles. The number of nitrogens with two attached hydrogens (primary N) is 1. The van der Waals surface area contributed by atoms with Crippen molar-refractivity contribution in [3.8, 4) is 0 Å². The van der Waals surface area contributed by atoms with E-state index in [0.717, 1.165) is 5.56 Å². The van der Waals surface area contributed by atoms with Gasteiger partial charge in [0, 0.05) is 5.69 Å². The van der Waals surface area contributed by atoms with Crippen molar-refractivity contribution in [1.29, 1.82) is 0 Å². The van der Waals surface area contributed by atoms with E-state index in [1.165, 1.54) is 4.90 Å². The Bertz CT molecular complexity index is 443. The smallest absolute Gasteiger partial charge is 0.255 e. The summed E-state index contributed by atoms with van der Waals surface area (Å²) in [7, 11) is 0. The lowest BCUT2D eigenvalue weighted by Crippen LogP contribution is -2.47. The van der Waals surface area contributed by atoms with Gasteiger partial charge in [0.2, 0.25) is 0 Å². The number of hydrogen-bond acceptors (Lipinski definition) is 4. The zero-order valence-corrected chi connectivity index (χ0v) is 9.55. The molecule has 0 aliphatic carbocycles. The van der Waals surface area contributed by atoms with E-state index in [0.29, 0.717) is 5.69 Å². The second-order valence-electron chi connectivity index (χ2n) is 4.00. The van der Waals surface area contributed by atoms with Crippen molar-refractivity contribution in [1.82, 2.24) is 4.90 Å². The molecule has 2 amide bonds. The molecule has 0 spiro atoms. The molecular formula is C12H14N2O3. The fraction of sp³-hybridized carbons (Fsp3) is 0.333. The van der Waals surface area contributed by atoms with E-state index in [1.807, 2.05) is 6.07 Å². The lowest BCUT2D eigenvalue weighted by atomic mass is 10.1. The van der Waals surface area contributed by atoms with E-state index in [4.69, 9.17) is 10.5 Å². The quantitative estimate of drug-likeness (QED) is 0.604. The summed E-state index contributed by atoms with van der Waals surface area (Å²) >= 11 is 0. The Balaban J connectivity index is 2.26. The highest BCUT2D eigenvalue weighted by atomic mass is 16.5. The van der Waals surface area contributed by atoms with Crippen molar-refractivity contribution in [3.05, 3.63) is 29.8 Å². The van der Waals surface area contributed by atoms with Gasteiger partial charge in [0.1, 0.15) is 13.2 Å². The van der Waals surface area contributed by atoms with E-state index in [2.05, 4.69) is 0 Å². The molecule has 5 heteroatoms. The number of benzene rings is 1. The van der Waals surface area contributed by atoms with Gasteiger partial charge in [0.15, 0.2) is 0 Å². The van der Waals surface area contributed by atoms with Crippen LogP contribution >= 0.6 is 0 Å². The molecule has 0 radical (unpaired) electrons. The molecule has 17 heavy (non-hydrogen) atoms. The average Bonchev–Trinajstić information content (AvgIpc) is 2.28. The first-order valence-corrected chi connectivity index (χ1v) is 5.37. The molecule has 1 unspecified atom stereocenters. The van der Waals surface area contributed by atoms with E-state index in [1.54, 1.807) is 25.1 Å². The van der Waals surface area contributed by atoms with E-state index in [-0.39, 0.29) is 31.1 Å². The summed E-state index contributed by atoms with van der Waals surface area (Å²) < 4.78 is 4.87. The predicted molar refractivity (Wildman–Crippen MR) is 61.9 cm³/mol. The lowest BCUT2D eigenvalue weighted by Gasteiger charge is -2.30. The maximum atomic E-state index is 11.7. The van der Waals surface area contributed by atoms with Gasteiger partial charge in [0.05, 0.1) is 6.04 Å². The highest BCUT2D eigenvalue weighted by Crippen LogP contribution is 2.23. The minimum Gasteiger partial charge on any atom is -0.399 e. The molecule has 1 aliphatic heterocycles. The zero-order valence-electron chi connectivity index (χ0n) is 9.55. The highest BCUT2D eigenvalue weighted by molar-refractivity contribution is 5.98. The first-order chi connectivity index (χ1) is 8.09. The molecule has 0 aromatic heterocycles. The van der Waals surface area contributed by atoms with E-state index in [9.17, 15) is 9.59 Å². The predicted octanol–water partition coefficient (Wildman–Crippen LogP) is 0.715. The number of carbonyl (C=O) groups excluding carboxylic acids is 2. The monoisotopic (exact) mass is 234 g/mol. The molecule has 90 valence electrons. The second-order valence-corrected chi connectivity index (χ2v) is 4.00. The van der Waals surface area contributed by atoms with Crippen molar-refractivity contribution in [3.63, 3.8) is 0 Å².